The molecule has 2 heterocycles. The number of hydrogen-bond acceptors (Lipinski definition) is 4. The van der Waals surface area contributed by atoms with E-state index < -0.39 is 5.97 Å². The van der Waals surface area contributed by atoms with Crippen molar-refractivity contribution in [1.82, 2.24) is 9.38 Å². The minimum Gasteiger partial charge on any atom is -0.494 e. The molecule has 2 aromatic heterocycles. The Balaban J connectivity index is 2.06. The lowest BCUT2D eigenvalue weighted by Gasteiger charge is -2.08. The summed E-state index contributed by atoms with van der Waals surface area (Å²) in [4.78, 5) is 28.5. The van der Waals surface area contributed by atoms with Gasteiger partial charge in [-0.1, -0.05) is 25.1 Å². The third-order valence-corrected chi connectivity index (χ3v) is 4.15. The van der Waals surface area contributed by atoms with Gasteiger partial charge in [0.15, 0.2) is 0 Å². The summed E-state index contributed by atoms with van der Waals surface area (Å²) in [6.45, 7) is 4.39. The lowest BCUT2D eigenvalue weighted by atomic mass is 10.1. The van der Waals surface area contributed by atoms with Crippen molar-refractivity contribution < 1.29 is 14.6 Å². The normalized spacial score (nSPS) is 11.2. The van der Waals surface area contributed by atoms with E-state index in [1.807, 2.05) is 44.2 Å². The van der Waals surface area contributed by atoms with Crippen molar-refractivity contribution in [3.8, 4) is 5.75 Å². The van der Waals surface area contributed by atoms with Gasteiger partial charge in [-0.05, 0) is 49.2 Å². The predicted molar refractivity (Wildman–Crippen MR) is 104 cm³/mol. The summed E-state index contributed by atoms with van der Waals surface area (Å²) in [5.41, 5.74) is 2.24. The van der Waals surface area contributed by atoms with E-state index in [9.17, 15) is 9.59 Å². The molecule has 0 bridgehead atoms. The third kappa shape index (κ3) is 3.89. The molecular formula is C21H20N2O4. The Labute approximate surface area is 156 Å². The van der Waals surface area contributed by atoms with Gasteiger partial charge in [0.25, 0.3) is 5.56 Å². The molecule has 3 aromatic rings. The third-order valence-electron chi connectivity index (χ3n) is 4.15. The standard InChI is InChI=1S/C21H20N2O4/c1-3-17-18(10-8-14-6-5-7-16(12-14)27-4-2)22-19-11-9-15(21(25)26)13-23(19)20(17)24/h5-13H,3-4H2,1-2H3,(H,25,26)/b10-8+. The number of pyridine rings is 1. The van der Waals surface area contributed by atoms with Crippen molar-refractivity contribution >= 4 is 23.8 Å². The molecule has 3 rings (SSSR count). The highest BCUT2D eigenvalue weighted by molar-refractivity contribution is 5.87. The SMILES string of the molecule is CCOc1cccc(/C=C/c2nc3ccc(C(=O)O)cn3c(=O)c2CC)c1. The molecule has 0 amide bonds. The first-order valence-corrected chi connectivity index (χ1v) is 8.73. The van der Waals surface area contributed by atoms with Crippen LogP contribution in [-0.4, -0.2) is 27.1 Å². The van der Waals surface area contributed by atoms with Gasteiger partial charge in [0, 0.05) is 11.8 Å². The Morgan fingerprint density at radius 1 is 1.22 bits per heavy atom. The van der Waals surface area contributed by atoms with Crippen molar-refractivity contribution in [3.63, 3.8) is 0 Å². The molecule has 1 aromatic carbocycles. The van der Waals surface area contributed by atoms with E-state index in [-0.39, 0.29) is 11.1 Å². The molecule has 0 atom stereocenters. The van der Waals surface area contributed by atoms with Crippen LogP contribution >= 0.6 is 0 Å². The van der Waals surface area contributed by atoms with Gasteiger partial charge < -0.3 is 9.84 Å². The van der Waals surface area contributed by atoms with Gasteiger partial charge in [0.1, 0.15) is 11.4 Å². The summed E-state index contributed by atoms with van der Waals surface area (Å²) in [7, 11) is 0. The Morgan fingerprint density at radius 2 is 2.04 bits per heavy atom. The van der Waals surface area contributed by atoms with Crippen LogP contribution in [0, 0.1) is 0 Å². The average Bonchev–Trinajstić information content (AvgIpc) is 2.67. The van der Waals surface area contributed by atoms with Crippen molar-refractivity contribution in [2.24, 2.45) is 0 Å². The van der Waals surface area contributed by atoms with Crippen molar-refractivity contribution in [2.45, 2.75) is 20.3 Å². The van der Waals surface area contributed by atoms with Crippen LogP contribution < -0.4 is 10.3 Å². The quantitative estimate of drug-likeness (QED) is 0.724. The van der Waals surface area contributed by atoms with Gasteiger partial charge in [-0.15, -0.1) is 0 Å². The van der Waals surface area contributed by atoms with Gasteiger partial charge in [-0.2, -0.15) is 0 Å². The molecule has 0 saturated carbocycles. The van der Waals surface area contributed by atoms with Crippen molar-refractivity contribution in [1.29, 1.82) is 0 Å². The first-order valence-electron chi connectivity index (χ1n) is 8.73. The van der Waals surface area contributed by atoms with Gasteiger partial charge in [-0.25, -0.2) is 9.78 Å². The van der Waals surface area contributed by atoms with E-state index >= 15 is 0 Å². The van der Waals surface area contributed by atoms with Crippen LogP contribution in [0.15, 0.2) is 47.4 Å². The summed E-state index contributed by atoms with van der Waals surface area (Å²) in [6.07, 6.45) is 5.48. The highest BCUT2D eigenvalue weighted by Crippen LogP contribution is 2.16. The summed E-state index contributed by atoms with van der Waals surface area (Å²) in [5.74, 6) is -0.303. The molecule has 27 heavy (non-hydrogen) atoms. The maximum Gasteiger partial charge on any atom is 0.337 e. The van der Waals surface area contributed by atoms with Gasteiger partial charge in [0.2, 0.25) is 0 Å². The largest absolute Gasteiger partial charge is 0.494 e. The second-order valence-electron chi connectivity index (χ2n) is 5.92. The van der Waals surface area contributed by atoms with Gasteiger partial charge in [0.05, 0.1) is 17.9 Å². The summed E-state index contributed by atoms with van der Waals surface area (Å²) < 4.78 is 6.79. The van der Waals surface area contributed by atoms with Crippen LogP contribution in [0.4, 0.5) is 0 Å². The van der Waals surface area contributed by atoms with E-state index in [0.717, 1.165) is 11.3 Å². The van der Waals surface area contributed by atoms with E-state index in [1.165, 1.54) is 22.7 Å². The molecule has 0 aliphatic heterocycles. The van der Waals surface area contributed by atoms with Crippen molar-refractivity contribution in [3.05, 3.63) is 75.3 Å². The Hall–Kier alpha value is -3.41. The highest BCUT2D eigenvalue weighted by atomic mass is 16.5. The fraction of sp³-hybridized carbons (Fsp3) is 0.190. The Kier molecular flexibility index (Phi) is 5.35. The monoisotopic (exact) mass is 364 g/mol. The number of carboxylic acid groups (broad SMARTS) is 1. The molecule has 6 heteroatoms. The van der Waals surface area contributed by atoms with Crippen LogP contribution in [0.25, 0.3) is 17.8 Å². The molecule has 1 N–H and O–H groups in total. The lowest BCUT2D eigenvalue weighted by molar-refractivity contribution is 0.0696. The number of carboxylic acids is 1. The number of aromatic nitrogens is 2. The lowest BCUT2D eigenvalue weighted by Crippen LogP contribution is -2.22. The maximum atomic E-state index is 12.8. The van der Waals surface area contributed by atoms with Crippen LogP contribution in [0.1, 0.15) is 41.0 Å². The number of hydrogen-bond donors (Lipinski definition) is 1. The molecule has 0 aliphatic carbocycles. The fourth-order valence-electron chi connectivity index (χ4n) is 2.84. The number of rotatable bonds is 6. The van der Waals surface area contributed by atoms with Crippen molar-refractivity contribution in [2.75, 3.05) is 6.61 Å². The Bertz CT molecular complexity index is 1080. The zero-order chi connectivity index (χ0) is 19.4. The number of nitrogens with zero attached hydrogens (tertiary/aromatic N) is 2. The molecule has 6 nitrogen and oxygen atoms in total. The number of carbonyl (C=O) groups is 1. The maximum absolute atomic E-state index is 12.8. The topological polar surface area (TPSA) is 80.9 Å². The van der Waals surface area contributed by atoms with Crippen LogP contribution in [0.3, 0.4) is 0 Å². The molecule has 138 valence electrons. The van der Waals surface area contributed by atoms with Crippen LogP contribution in [0.5, 0.6) is 5.75 Å². The molecule has 0 fully saturated rings. The van der Waals surface area contributed by atoms with Crippen LogP contribution in [-0.2, 0) is 6.42 Å². The first kappa shape index (κ1) is 18.4. The summed E-state index contributed by atoms with van der Waals surface area (Å²) in [5, 5.41) is 9.13. The second kappa shape index (κ2) is 7.86. The minimum absolute atomic E-state index is 0.0458. The van der Waals surface area contributed by atoms with E-state index in [4.69, 9.17) is 9.84 Å². The molecule has 0 radical (unpaired) electrons. The zero-order valence-electron chi connectivity index (χ0n) is 15.2. The smallest absolute Gasteiger partial charge is 0.337 e. The van der Waals surface area contributed by atoms with E-state index in [0.29, 0.717) is 29.9 Å². The van der Waals surface area contributed by atoms with Gasteiger partial charge >= 0.3 is 5.97 Å². The molecule has 0 spiro atoms. The number of aromatic carboxylic acids is 1. The van der Waals surface area contributed by atoms with Gasteiger partial charge in [-0.3, -0.25) is 9.20 Å². The number of benzene rings is 1. The number of ether oxygens (including phenoxy) is 1. The van der Waals surface area contributed by atoms with E-state index in [2.05, 4.69) is 4.98 Å². The second-order valence-corrected chi connectivity index (χ2v) is 5.92. The van der Waals surface area contributed by atoms with Crippen LogP contribution in [0.2, 0.25) is 0 Å². The molecule has 0 unspecified atom stereocenters. The molecular weight excluding hydrogens is 344 g/mol. The number of fused-ring (bicyclic) bond motifs is 1. The predicted octanol–water partition coefficient (Wildman–Crippen LogP) is 3.52. The highest BCUT2D eigenvalue weighted by Gasteiger charge is 2.11. The molecule has 0 saturated heterocycles. The molecule has 0 aliphatic rings. The van der Waals surface area contributed by atoms with E-state index in [1.54, 1.807) is 6.08 Å². The summed E-state index contributed by atoms with van der Waals surface area (Å²) >= 11 is 0. The average molecular weight is 364 g/mol. The summed E-state index contributed by atoms with van der Waals surface area (Å²) in [6, 6.07) is 10.6. The fourth-order valence-corrected chi connectivity index (χ4v) is 2.84. The first-order chi connectivity index (χ1) is 13.0. The Morgan fingerprint density at radius 3 is 2.74 bits per heavy atom. The minimum atomic E-state index is -1.08. The zero-order valence-corrected chi connectivity index (χ0v) is 15.2.